The first-order valence-corrected chi connectivity index (χ1v) is 11.2. The Labute approximate surface area is 175 Å². The molecule has 29 heavy (non-hydrogen) atoms. The lowest BCUT2D eigenvalue weighted by Crippen LogP contribution is -2.46. The number of benzene rings is 1. The molecule has 7 heteroatoms. The number of carbonyl (C=O) groups is 2. The minimum absolute atomic E-state index is 0.0455. The molecule has 0 bridgehead atoms. The molecule has 1 N–H and O–H groups in total. The smallest absolute Gasteiger partial charge is 0.265 e. The summed E-state index contributed by atoms with van der Waals surface area (Å²) < 4.78 is 5.49. The van der Waals surface area contributed by atoms with E-state index in [-0.39, 0.29) is 23.8 Å². The molecule has 154 valence electrons. The zero-order valence-electron chi connectivity index (χ0n) is 16.9. The first-order chi connectivity index (χ1) is 14.0. The lowest BCUT2D eigenvalue weighted by molar-refractivity contribution is -0.123. The Morgan fingerprint density at radius 1 is 1.17 bits per heavy atom. The van der Waals surface area contributed by atoms with Crippen molar-refractivity contribution in [2.45, 2.75) is 45.6 Å². The lowest BCUT2D eigenvalue weighted by atomic mass is 10.0. The van der Waals surface area contributed by atoms with E-state index < -0.39 is 0 Å². The number of likely N-dealkylation sites (tertiary alicyclic amines) is 1. The molecule has 1 aliphatic carbocycles. The molecule has 1 aromatic carbocycles. The number of nitrogens with zero attached hydrogens (tertiary/aromatic N) is 2. The Hall–Kier alpha value is -2.41. The van der Waals surface area contributed by atoms with Gasteiger partial charge in [0.15, 0.2) is 0 Å². The Kier molecular flexibility index (Phi) is 5.85. The molecule has 6 nitrogen and oxygen atoms in total. The van der Waals surface area contributed by atoms with Crippen molar-refractivity contribution >= 4 is 23.2 Å². The average Bonchev–Trinajstić information content (AvgIpc) is 3.51. The van der Waals surface area contributed by atoms with E-state index in [1.807, 2.05) is 43.0 Å². The van der Waals surface area contributed by atoms with Crippen molar-refractivity contribution in [3.05, 3.63) is 34.8 Å². The van der Waals surface area contributed by atoms with Crippen LogP contribution in [-0.2, 0) is 4.79 Å². The molecule has 2 aliphatic rings. The fourth-order valence-electron chi connectivity index (χ4n) is 3.61. The maximum Gasteiger partial charge on any atom is 0.265 e. The third-order valence-corrected chi connectivity index (χ3v) is 6.67. The Bertz CT molecular complexity index is 881. The van der Waals surface area contributed by atoms with Crippen LogP contribution in [-0.4, -0.2) is 47.4 Å². The summed E-state index contributed by atoms with van der Waals surface area (Å²) in [5.74, 6) is 1.30. The van der Waals surface area contributed by atoms with Crippen molar-refractivity contribution < 1.29 is 14.3 Å². The summed E-state index contributed by atoms with van der Waals surface area (Å²) in [5, 5.41) is 3.98. The van der Waals surface area contributed by atoms with Gasteiger partial charge in [0, 0.05) is 30.6 Å². The number of hydrogen-bond donors (Lipinski definition) is 1. The van der Waals surface area contributed by atoms with Crippen LogP contribution in [0.1, 0.15) is 48.0 Å². The van der Waals surface area contributed by atoms with Crippen molar-refractivity contribution in [1.82, 2.24) is 15.2 Å². The van der Waals surface area contributed by atoms with E-state index in [4.69, 9.17) is 4.74 Å². The number of rotatable bonds is 6. The number of aryl methyl sites for hydroxylation is 1. The van der Waals surface area contributed by atoms with E-state index in [1.54, 1.807) is 0 Å². The highest BCUT2D eigenvalue weighted by Gasteiger charge is 2.32. The van der Waals surface area contributed by atoms with Gasteiger partial charge >= 0.3 is 0 Å². The summed E-state index contributed by atoms with van der Waals surface area (Å²) >= 11 is 1.44. The molecule has 2 heterocycles. The number of amides is 2. The van der Waals surface area contributed by atoms with Gasteiger partial charge in [-0.2, -0.15) is 0 Å². The van der Waals surface area contributed by atoms with Gasteiger partial charge in [0.1, 0.15) is 15.6 Å². The largest absolute Gasteiger partial charge is 0.494 e. The number of thiazole rings is 1. The monoisotopic (exact) mass is 413 g/mol. The van der Waals surface area contributed by atoms with Gasteiger partial charge in [-0.05, 0) is 63.8 Å². The second-order valence-electron chi connectivity index (χ2n) is 7.74. The minimum atomic E-state index is 0.0455. The summed E-state index contributed by atoms with van der Waals surface area (Å²) in [7, 11) is 0. The lowest BCUT2D eigenvalue weighted by Gasteiger charge is -2.32. The molecule has 0 radical (unpaired) electrons. The Morgan fingerprint density at radius 2 is 1.86 bits per heavy atom. The standard InChI is InChI=1S/C22H27N3O3S/c1-3-28-18-8-6-16(7-9-18)21-23-14(2)19(29-21)22(27)25-12-10-17(11-13-25)24-20(26)15-4-5-15/h6-9,15,17H,3-5,10-13H2,1-2H3,(H,24,26). The van der Waals surface area contributed by atoms with Gasteiger partial charge in [0.25, 0.3) is 5.91 Å². The summed E-state index contributed by atoms with van der Waals surface area (Å²) in [6, 6.07) is 8.00. The fourth-order valence-corrected chi connectivity index (χ4v) is 4.65. The van der Waals surface area contributed by atoms with Gasteiger partial charge in [-0.3, -0.25) is 9.59 Å². The summed E-state index contributed by atoms with van der Waals surface area (Å²) in [6.45, 7) is 5.83. The molecular formula is C22H27N3O3S. The maximum atomic E-state index is 13.0. The summed E-state index contributed by atoms with van der Waals surface area (Å²) in [4.78, 5) is 32.2. The highest BCUT2D eigenvalue weighted by molar-refractivity contribution is 7.17. The van der Waals surface area contributed by atoms with Crippen LogP contribution in [0.2, 0.25) is 0 Å². The molecule has 0 unspecified atom stereocenters. The number of aromatic nitrogens is 1. The van der Waals surface area contributed by atoms with E-state index >= 15 is 0 Å². The molecule has 1 saturated carbocycles. The zero-order chi connectivity index (χ0) is 20.4. The van der Waals surface area contributed by atoms with E-state index in [0.29, 0.717) is 24.6 Å². The third kappa shape index (κ3) is 4.61. The SMILES string of the molecule is CCOc1ccc(-c2nc(C)c(C(=O)N3CCC(NC(=O)C4CC4)CC3)s2)cc1. The number of carbonyl (C=O) groups excluding carboxylic acids is 2. The molecular weight excluding hydrogens is 386 g/mol. The topological polar surface area (TPSA) is 71.5 Å². The van der Waals surface area contributed by atoms with E-state index in [9.17, 15) is 9.59 Å². The molecule has 2 amide bonds. The third-order valence-electron chi connectivity index (χ3n) is 5.48. The highest BCUT2D eigenvalue weighted by atomic mass is 32.1. The van der Waals surface area contributed by atoms with Crippen LogP contribution in [0.3, 0.4) is 0 Å². The van der Waals surface area contributed by atoms with Crippen molar-refractivity contribution in [3.63, 3.8) is 0 Å². The van der Waals surface area contributed by atoms with E-state index in [0.717, 1.165) is 47.7 Å². The summed E-state index contributed by atoms with van der Waals surface area (Å²) in [6.07, 6.45) is 3.66. The van der Waals surface area contributed by atoms with Crippen LogP contribution in [0.25, 0.3) is 10.6 Å². The molecule has 2 aromatic rings. The van der Waals surface area contributed by atoms with Gasteiger partial charge in [-0.25, -0.2) is 4.98 Å². The number of nitrogens with one attached hydrogen (secondary N) is 1. The van der Waals surface area contributed by atoms with Gasteiger partial charge in [-0.1, -0.05) is 0 Å². The molecule has 1 aliphatic heterocycles. The Balaban J connectivity index is 1.38. The molecule has 2 fully saturated rings. The molecule has 0 spiro atoms. The highest BCUT2D eigenvalue weighted by Crippen LogP contribution is 2.31. The average molecular weight is 414 g/mol. The van der Waals surface area contributed by atoms with Crippen LogP contribution >= 0.6 is 11.3 Å². The van der Waals surface area contributed by atoms with Crippen molar-refractivity contribution in [2.75, 3.05) is 19.7 Å². The van der Waals surface area contributed by atoms with Crippen LogP contribution in [0.4, 0.5) is 0 Å². The van der Waals surface area contributed by atoms with Crippen LogP contribution in [0, 0.1) is 12.8 Å². The number of piperidine rings is 1. The predicted octanol–water partition coefficient (Wildman–Crippen LogP) is 3.65. The second-order valence-corrected chi connectivity index (χ2v) is 8.74. The normalized spacial score (nSPS) is 17.2. The summed E-state index contributed by atoms with van der Waals surface area (Å²) in [5.41, 5.74) is 1.76. The van der Waals surface area contributed by atoms with Gasteiger partial charge in [0.05, 0.1) is 12.3 Å². The molecule has 1 saturated heterocycles. The van der Waals surface area contributed by atoms with Crippen molar-refractivity contribution in [3.8, 4) is 16.3 Å². The van der Waals surface area contributed by atoms with Gasteiger partial charge in [0.2, 0.25) is 5.91 Å². The minimum Gasteiger partial charge on any atom is -0.494 e. The molecule has 0 atom stereocenters. The van der Waals surface area contributed by atoms with E-state index in [1.165, 1.54) is 11.3 Å². The second kappa shape index (κ2) is 8.53. The van der Waals surface area contributed by atoms with Crippen LogP contribution in [0.15, 0.2) is 24.3 Å². The Morgan fingerprint density at radius 3 is 2.48 bits per heavy atom. The predicted molar refractivity (Wildman–Crippen MR) is 113 cm³/mol. The van der Waals surface area contributed by atoms with Crippen molar-refractivity contribution in [1.29, 1.82) is 0 Å². The van der Waals surface area contributed by atoms with Gasteiger partial charge < -0.3 is 15.0 Å². The van der Waals surface area contributed by atoms with Gasteiger partial charge in [-0.15, -0.1) is 11.3 Å². The first kappa shape index (κ1) is 19.9. The quantitative estimate of drug-likeness (QED) is 0.785. The first-order valence-electron chi connectivity index (χ1n) is 10.4. The van der Waals surface area contributed by atoms with Crippen LogP contribution < -0.4 is 10.1 Å². The number of hydrogen-bond acceptors (Lipinski definition) is 5. The number of ether oxygens (including phenoxy) is 1. The molecule has 4 rings (SSSR count). The molecule has 1 aromatic heterocycles. The van der Waals surface area contributed by atoms with E-state index in [2.05, 4.69) is 10.3 Å². The fraction of sp³-hybridized carbons (Fsp3) is 0.500. The van der Waals surface area contributed by atoms with Crippen molar-refractivity contribution in [2.24, 2.45) is 5.92 Å². The maximum absolute atomic E-state index is 13.0. The van der Waals surface area contributed by atoms with Crippen LogP contribution in [0.5, 0.6) is 5.75 Å². The zero-order valence-corrected chi connectivity index (χ0v) is 17.8.